The predicted molar refractivity (Wildman–Crippen MR) is 108 cm³/mol. The van der Waals surface area contributed by atoms with Crippen LogP contribution >= 0.6 is 23.2 Å². The molecule has 0 aliphatic carbocycles. The second-order valence-corrected chi connectivity index (χ2v) is 8.45. The van der Waals surface area contributed by atoms with E-state index in [0.29, 0.717) is 0 Å². The minimum absolute atomic E-state index is 0.0668. The molecule has 7 nitrogen and oxygen atoms in total. The number of aromatic nitrogens is 2. The van der Waals surface area contributed by atoms with E-state index in [4.69, 9.17) is 23.2 Å². The number of benzene rings is 2. The molecule has 1 N–H and O–H groups in total. The van der Waals surface area contributed by atoms with Gasteiger partial charge in [-0.3, -0.25) is 0 Å². The van der Waals surface area contributed by atoms with E-state index >= 15 is 0 Å². The first-order valence-corrected chi connectivity index (χ1v) is 10.6. The summed E-state index contributed by atoms with van der Waals surface area (Å²) < 4.78 is 86.6. The quantitative estimate of drug-likeness (QED) is 0.404. The Morgan fingerprint density at radius 1 is 0.906 bits per heavy atom. The van der Waals surface area contributed by atoms with Crippen molar-refractivity contribution in [3.63, 3.8) is 0 Å². The second kappa shape index (κ2) is 9.76. The largest absolute Gasteiger partial charge is 0.435 e. The van der Waals surface area contributed by atoms with Crippen molar-refractivity contribution in [3.05, 3.63) is 58.7 Å². The molecule has 0 aliphatic heterocycles. The van der Waals surface area contributed by atoms with Crippen LogP contribution < -0.4 is 14.2 Å². The van der Waals surface area contributed by atoms with Crippen molar-refractivity contribution in [1.82, 2.24) is 9.97 Å². The number of alkyl halides is 4. The molecule has 3 aromatic rings. The molecule has 0 unspecified atom stereocenters. The maximum absolute atomic E-state index is 12.8. The van der Waals surface area contributed by atoms with Crippen LogP contribution in [0.3, 0.4) is 0 Å². The van der Waals surface area contributed by atoms with E-state index in [1.165, 1.54) is 12.1 Å². The Bertz CT molecular complexity index is 1210. The maximum atomic E-state index is 12.8. The van der Waals surface area contributed by atoms with Gasteiger partial charge in [0.15, 0.2) is 0 Å². The third kappa shape index (κ3) is 6.11. The Labute approximate surface area is 189 Å². The van der Waals surface area contributed by atoms with Crippen molar-refractivity contribution in [3.8, 4) is 22.8 Å². The first kappa shape index (κ1) is 23.8. The van der Waals surface area contributed by atoms with E-state index < -0.39 is 34.9 Å². The van der Waals surface area contributed by atoms with Gasteiger partial charge in [0, 0.05) is 21.8 Å². The maximum Gasteiger partial charge on any atom is 0.387 e. The van der Waals surface area contributed by atoms with Crippen LogP contribution in [0.5, 0.6) is 11.5 Å². The smallest absolute Gasteiger partial charge is 0.387 e. The molecular weight excluding hydrogens is 501 g/mol. The molecule has 3 rings (SSSR count). The molecule has 32 heavy (non-hydrogen) atoms. The second-order valence-electron chi connectivity index (χ2n) is 5.89. The van der Waals surface area contributed by atoms with E-state index in [0.717, 1.165) is 36.5 Å². The fraction of sp³-hybridized carbons (Fsp3) is 0.111. The van der Waals surface area contributed by atoms with Crippen molar-refractivity contribution in [2.75, 3.05) is 4.72 Å². The van der Waals surface area contributed by atoms with Crippen LogP contribution in [0.4, 0.5) is 23.5 Å². The van der Waals surface area contributed by atoms with E-state index in [-0.39, 0.29) is 31.9 Å². The Morgan fingerprint density at radius 3 is 2.19 bits per heavy atom. The van der Waals surface area contributed by atoms with Crippen LogP contribution in [0.25, 0.3) is 11.3 Å². The summed E-state index contributed by atoms with van der Waals surface area (Å²) in [6, 6.07) is 7.81. The average molecular weight is 512 g/mol. The standard InChI is InChI=1S/C18H11Cl2F4N3O4S/c19-9-5-10(20)7-12(6-9)32(28,29)27-18-25-4-3-14(26-18)13-8-11(30-16(21)22)1-2-15(13)31-17(23)24/h1-8,16-17H,(H,25,26,27). The lowest BCUT2D eigenvalue weighted by Crippen LogP contribution is -2.15. The molecule has 0 saturated carbocycles. The van der Waals surface area contributed by atoms with Gasteiger partial charge in [0.1, 0.15) is 11.5 Å². The molecule has 0 radical (unpaired) electrons. The SMILES string of the molecule is O=S(=O)(Nc1nccc(-c2cc(OC(F)F)ccc2OC(F)F)n1)c1cc(Cl)cc(Cl)c1. The van der Waals surface area contributed by atoms with Crippen molar-refractivity contribution < 1.29 is 35.5 Å². The summed E-state index contributed by atoms with van der Waals surface area (Å²) in [6.07, 6.45) is 1.12. The molecule has 1 aromatic heterocycles. The van der Waals surface area contributed by atoms with E-state index in [2.05, 4.69) is 24.2 Å². The van der Waals surface area contributed by atoms with E-state index in [9.17, 15) is 26.0 Å². The Hall–Kier alpha value is -2.83. The highest BCUT2D eigenvalue weighted by Gasteiger charge is 2.20. The number of ether oxygens (including phenoxy) is 2. The number of halogens is 6. The predicted octanol–water partition coefficient (Wildman–Crippen LogP) is 5.45. The van der Waals surface area contributed by atoms with Gasteiger partial charge in [-0.15, -0.1) is 0 Å². The van der Waals surface area contributed by atoms with Crippen LogP contribution in [0.1, 0.15) is 0 Å². The lowest BCUT2D eigenvalue weighted by atomic mass is 10.1. The lowest BCUT2D eigenvalue weighted by Gasteiger charge is -2.13. The first-order chi connectivity index (χ1) is 15.0. The molecule has 14 heteroatoms. The van der Waals surface area contributed by atoms with E-state index in [1.807, 2.05) is 0 Å². The van der Waals surface area contributed by atoms with Gasteiger partial charge in [-0.25, -0.2) is 23.1 Å². The molecule has 0 atom stereocenters. The number of nitrogens with one attached hydrogen (secondary N) is 1. The number of sulfonamides is 1. The molecule has 0 spiro atoms. The topological polar surface area (TPSA) is 90.4 Å². The molecular formula is C18H11Cl2F4N3O4S. The average Bonchev–Trinajstić information content (AvgIpc) is 2.67. The Morgan fingerprint density at radius 2 is 1.56 bits per heavy atom. The van der Waals surface area contributed by atoms with Gasteiger partial charge in [0.2, 0.25) is 5.95 Å². The third-order valence-electron chi connectivity index (χ3n) is 3.70. The van der Waals surface area contributed by atoms with Crippen LogP contribution in [0.2, 0.25) is 10.0 Å². The normalized spacial score (nSPS) is 11.6. The number of hydrogen-bond donors (Lipinski definition) is 1. The summed E-state index contributed by atoms with van der Waals surface area (Å²) in [5.41, 5.74) is -0.283. The van der Waals surface area contributed by atoms with Gasteiger partial charge in [-0.1, -0.05) is 23.2 Å². The number of rotatable bonds is 8. The zero-order valence-corrected chi connectivity index (χ0v) is 17.8. The summed E-state index contributed by atoms with van der Waals surface area (Å²) in [5.74, 6) is -1.21. The summed E-state index contributed by atoms with van der Waals surface area (Å²) in [4.78, 5) is 7.45. The molecule has 0 fully saturated rings. The molecule has 0 bridgehead atoms. The molecule has 0 aliphatic rings. The van der Waals surface area contributed by atoms with Gasteiger partial charge in [-0.05, 0) is 42.5 Å². The van der Waals surface area contributed by atoms with Crippen LogP contribution in [-0.4, -0.2) is 31.6 Å². The fourth-order valence-electron chi connectivity index (χ4n) is 2.50. The Kier molecular flexibility index (Phi) is 7.26. The van der Waals surface area contributed by atoms with Crippen molar-refractivity contribution in [2.45, 2.75) is 18.1 Å². The van der Waals surface area contributed by atoms with Crippen molar-refractivity contribution >= 4 is 39.2 Å². The van der Waals surface area contributed by atoms with Crippen LogP contribution in [-0.2, 0) is 10.0 Å². The number of hydrogen-bond acceptors (Lipinski definition) is 6. The van der Waals surface area contributed by atoms with Gasteiger partial charge in [-0.2, -0.15) is 17.6 Å². The first-order valence-electron chi connectivity index (χ1n) is 8.39. The zero-order valence-electron chi connectivity index (χ0n) is 15.5. The summed E-state index contributed by atoms with van der Waals surface area (Å²) in [7, 11) is -4.23. The summed E-state index contributed by atoms with van der Waals surface area (Å²) in [5, 5.41) is 0.134. The van der Waals surface area contributed by atoms with Gasteiger partial charge in [0.25, 0.3) is 10.0 Å². The molecule has 0 saturated heterocycles. The van der Waals surface area contributed by atoms with Gasteiger partial charge >= 0.3 is 13.2 Å². The number of nitrogens with zero attached hydrogens (tertiary/aromatic N) is 2. The fourth-order valence-corrected chi connectivity index (χ4v) is 4.18. The molecule has 0 amide bonds. The van der Waals surface area contributed by atoms with Crippen LogP contribution in [0, 0.1) is 0 Å². The molecule has 170 valence electrons. The monoisotopic (exact) mass is 511 g/mol. The minimum Gasteiger partial charge on any atom is -0.435 e. The van der Waals surface area contributed by atoms with Gasteiger partial charge < -0.3 is 9.47 Å². The number of anilines is 1. The van der Waals surface area contributed by atoms with Crippen LogP contribution in [0.15, 0.2) is 53.6 Å². The highest BCUT2D eigenvalue weighted by Crippen LogP contribution is 2.34. The highest BCUT2D eigenvalue weighted by atomic mass is 35.5. The highest BCUT2D eigenvalue weighted by molar-refractivity contribution is 7.92. The zero-order chi connectivity index (χ0) is 23.5. The lowest BCUT2D eigenvalue weighted by molar-refractivity contribution is -0.0526. The molecule has 2 aromatic carbocycles. The van der Waals surface area contributed by atoms with Crippen molar-refractivity contribution in [2.24, 2.45) is 0 Å². The molecule has 1 heterocycles. The Balaban J connectivity index is 1.99. The minimum atomic E-state index is -4.23. The van der Waals surface area contributed by atoms with Gasteiger partial charge in [0.05, 0.1) is 10.6 Å². The summed E-state index contributed by atoms with van der Waals surface area (Å²) >= 11 is 11.7. The summed E-state index contributed by atoms with van der Waals surface area (Å²) in [6.45, 7) is -6.38. The van der Waals surface area contributed by atoms with E-state index in [1.54, 1.807) is 0 Å². The van der Waals surface area contributed by atoms with Crippen molar-refractivity contribution in [1.29, 1.82) is 0 Å². The third-order valence-corrected chi connectivity index (χ3v) is 5.44.